The van der Waals surface area contributed by atoms with Crippen molar-refractivity contribution in [3.63, 3.8) is 0 Å². The summed E-state index contributed by atoms with van der Waals surface area (Å²) in [6, 6.07) is 8.60. The van der Waals surface area contributed by atoms with Crippen LogP contribution in [0.1, 0.15) is 69.0 Å². The van der Waals surface area contributed by atoms with E-state index in [2.05, 4.69) is 39.5 Å². The van der Waals surface area contributed by atoms with Crippen molar-refractivity contribution < 1.29 is 9.53 Å². The Labute approximate surface area is 190 Å². The highest BCUT2D eigenvalue weighted by Crippen LogP contribution is 2.32. The number of piperidine rings is 1. The Morgan fingerprint density at radius 1 is 1.26 bits per heavy atom. The van der Waals surface area contributed by atoms with Gasteiger partial charge >= 0.3 is 0 Å². The van der Waals surface area contributed by atoms with Crippen LogP contribution in [0.5, 0.6) is 5.75 Å². The fourth-order valence-corrected chi connectivity index (χ4v) is 5.55. The zero-order chi connectivity index (χ0) is 21.6. The summed E-state index contributed by atoms with van der Waals surface area (Å²) >= 11 is 1.64. The van der Waals surface area contributed by atoms with Crippen LogP contribution in [0.2, 0.25) is 0 Å². The number of nitrogens with zero attached hydrogens (tertiary/aromatic N) is 2. The second-order valence-electron chi connectivity index (χ2n) is 9.32. The van der Waals surface area contributed by atoms with Crippen LogP contribution in [-0.2, 0) is 11.3 Å². The maximum Gasteiger partial charge on any atom is 0.223 e. The van der Waals surface area contributed by atoms with Gasteiger partial charge in [0.1, 0.15) is 10.8 Å². The van der Waals surface area contributed by atoms with E-state index >= 15 is 0 Å². The van der Waals surface area contributed by atoms with Crippen molar-refractivity contribution in [2.24, 2.45) is 11.8 Å². The normalized spacial score (nSPS) is 21.3. The topological polar surface area (TPSA) is 54.5 Å². The molecule has 2 aromatic rings. The molecule has 0 radical (unpaired) electrons. The number of ether oxygens (including phenoxy) is 1. The Hall–Kier alpha value is -1.92. The number of carbonyl (C=O) groups is 1. The van der Waals surface area contributed by atoms with Crippen LogP contribution in [0.15, 0.2) is 35.8 Å². The minimum Gasteiger partial charge on any atom is -0.490 e. The van der Waals surface area contributed by atoms with Crippen molar-refractivity contribution in [2.75, 3.05) is 13.1 Å². The smallest absolute Gasteiger partial charge is 0.223 e. The lowest BCUT2D eigenvalue weighted by atomic mass is 9.90. The van der Waals surface area contributed by atoms with Gasteiger partial charge in [-0.05, 0) is 68.7 Å². The standard InChI is InChI=1S/C25H35N3O2S/c1-18(2)24(29)27-23(25-26-12-14-31-25)20-8-6-13-28(17-20)16-19-7-5-11-22(15-19)30-21-9-3-4-10-21/h5,7,11-12,14-15,18,20-21,23H,3-4,6,8-10,13,16-17H2,1-2H3,(H,27,29)/t20-,23-/m0/s1. The molecule has 1 aromatic carbocycles. The summed E-state index contributed by atoms with van der Waals surface area (Å²) in [5.74, 6) is 1.46. The molecule has 2 fully saturated rings. The van der Waals surface area contributed by atoms with Gasteiger partial charge in [0.05, 0.1) is 12.1 Å². The minimum absolute atomic E-state index is 0.00488. The van der Waals surface area contributed by atoms with Crippen molar-refractivity contribution in [2.45, 2.75) is 71.1 Å². The predicted octanol–water partition coefficient (Wildman–Crippen LogP) is 5.19. The van der Waals surface area contributed by atoms with Crippen LogP contribution in [0, 0.1) is 11.8 Å². The predicted molar refractivity (Wildman–Crippen MR) is 125 cm³/mol. The van der Waals surface area contributed by atoms with Crippen molar-refractivity contribution in [3.8, 4) is 5.75 Å². The second-order valence-corrected chi connectivity index (χ2v) is 10.2. The number of hydrogen-bond acceptors (Lipinski definition) is 5. The van der Waals surface area contributed by atoms with Crippen molar-refractivity contribution >= 4 is 17.2 Å². The third-order valence-electron chi connectivity index (χ3n) is 6.46. The van der Waals surface area contributed by atoms with Gasteiger partial charge < -0.3 is 10.1 Å². The zero-order valence-corrected chi connectivity index (χ0v) is 19.6. The number of hydrogen-bond donors (Lipinski definition) is 1. The molecule has 1 aromatic heterocycles. The van der Waals surface area contributed by atoms with Crippen LogP contribution < -0.4 is 10.1 Å². The first-order chi connectivity index (χ1) is 15.1. The molecule has 4 rings (SSSR count). The number of rotatable bonds is 8. The second kappa shape index (κ2) is 10.6. The fraction of sp³-hybridized carbons (Fsp3) is 0.600. The van der Waals surface area contributed by atoms with Gasteiger partial charge in [-0.2, -0.15) is 0 Å². The Balaban J connectivity index is 1.40. The van der Waals surface area contributed by atoms with Gasteiger partial charge in [-0.1, -0.05) is 26.0 Å². The summed E-state index contributed by atoms with van der Waals surface area (Å²) in [5, 5.41) is 6.31. The van der Waals surface area contributed by atoms with Crippen molar-refractivity contribution in [1.82, 2.24) is 15.2 Å². The molecule has 1 aliphatic carbocycles. The lowest BCUT2D eigenvalue weighted by Gasteiger charge is -2.37. The molecule has 2 heterocycles. The first-order valence-corrected chi connectivity index (χ1v) is 12.6. The zero-order valence-electron chi connectivity index (χ0n) is 18.8. The van der Waals surface area contributed by atoms with E-state index in [4.69, 9.17) is 4.74 Å². The van der Waals surface area contributed by atoms with E-state index in [9.17, 15) is 4.79 Å². The SMILES string of the molecule is CC(C)C(=O)N[C@H](c1nccs1)[C@H]1CCCN(Cc2cccc(OC3CCCC3)c2)C1. The average molecular weight is 442 g/mol. The molecule has 0 bridgehead atoms. The largest absolute Gasteiger partial charge is 0.490 e. The third kappa shape index (κ3) is 6.07. The van der Waals surface area contributed by atoms with Gasteiger partial charge in [0.2, 0.25) is 5.91 Å². The number of benzene rings is 1. The first-order valence-electron chi connectivity index (χ1n) is 11.8. The molecule has 6 heteroatoms. The summed E-state index contributed by atoms with van der Waals surface area (Å²) in [6.07, 6.45) is 9.41. The Kier molecular flexibility index (Phi) is 7.62. The highest BCUT2D eigenvalue weighted by molar-refractivity contribution is 7.09. The van der Waals surface area contributed by atoms with E-state index in [0.717, 1.165) is 43.2 Å². The van der Waals surface area contributed by atoms with E-state index in [1.807, 2.05) is 25.4 Å². The summed E-state index contributed by atoms with van der Waals surface area (Å²) in [4.78, 5) is 19.5. The number of thiazole rings is 1. The molecular weight excluding hydrogens is 406 g/mol. The molecule has 0 spiro atoms. The molecule has 168 valence electrons. The maximum absolute atomic E-state index is 12.5. The molecule has 1 saturated heterocycles. The number of nitrogens with one attached hydrogen (secondary N) is 1. The van der Waals surface area contributed by atoms with Gasteiger partial charge in [0.25, 0.3) is 0 Å². The van der Waals surface area contributed by atoms with Crippen LogP contribution in [0.25, 0.3) is 0 Å². The monoisotopic (exact) mass is 441 g/mol. The Morgan fingerprint density at radius 3 is 2.84 bits per heavy atom. The number of amides is 1. The quantitative estimate of drug-likeness (QED) is 0.612. The molecule has 2 atom stereocenters. The Morgan fingerprint density at radius 2 is 2.10 bits per heavy atom. The lowest BCUT2D eigenvalue weighted by molar-refractivity contribution is -0.125. The van der Waals surface area contributed by atoms with Gasteiger partial charge in [-0.3, -0.25) is 9.69 Å². The number of carbonyl (C=O) groups excluding carboxylic acids is 1. The highest BCUT2D eigenvalue weighted by atomic mass is 32.1. The highest BCUT2D eigenvalue weighted by Gasteiger charge is 2.31. The number of likely N-dealkylation sites (tertiary alicyclic amines) is 1. The van der Waals surface area contributed by atoms with Crippen LogP contribution in [0.3, 0.4) is 0 Å². The van der Waals surface area contributed by atoms with Gasteiger partial charge in [0.15, 0.2) is 0 Å². The maximum atomic E-state index is 12.5. The summed E-state index contributed by atoms with van der Waals surface area (Å²) in [5.41, 5.74) is 1.30. The Bertz CT molecular complexity index is 833. The number of aromatic nitrogens is 1. The van der Waals surface area contributed by atoms with E-state index in [-0.39, 0.29) is 17.9 Å². The van der Waals surface area contributed by atoms with Gasteiger partial charge in [0, 0.05) is 30.6 Å². The average Bonchev–Trinajstić information content (AvgIpc) is 3.46. The molecule has 1 amide bonds. The molecule has 31 heavy (non-hydrogen) atoms. The van der Waals surface area contributed by atoms with Gasteiger partial charge in [-0.15, -0.1) is 11.3 Å². The van der Waals surface area contributed by atoms with E-state index in [1.54, 1.807) is 11.3 Å². The minimum atomic E-state index is -0.0234. The molecule has 1 saturated carbocycles. The van der Waals surface area contributed by atoms with Crippen LogP contribution >= 0.6 is 11.3 Å². The van der Waals surface area contributed by atoms with Crippen LogP contribution in [-0.4, -0.2) is 35.0 Å². The van der Waals surface area contributed by atoms with E-state index < -0.39 is 0 Å². The summed E-state index contributed by atoms with van der Waals surface area (Å²) < 4.78 is 6.21. The molecular formula is C25H35N3O2S. The van der Waals surface area contributed by atoms with Crippen molar-refractivity contribution in [3.05, 3.63) is 46.4 Å². The lowest BCUT2D eigenvalue weighted by Crippen LogP contribution is -2.43. The molecule has 1 N–H and O–H groups in total. The summed E-state index contributed by atoms with van der Waals surface area (Å²) in [7, 11) is 0. The molecule has 0 unspecified atom stereocenters. The van der Waals surface area contributed by atoms with E-state index in [0.29, 0.717) is 12.0 Å². The first kappa shape index (κ1) is 22.3. The van der Waals surface area contributed by atoms with E-state index in [1.165, 1.54) is 31.2 Å². The molecule has 2 aliphatic rings. The third-order valence-corrected chi connectivity index (χ3v) is 7.32. The fourth-order valence-electron chi connectivity index (χ4n) is 4.77. The van der Waals surface area contributed by atoms with Gasteiger partial charge in [-0.25, -0.2) is 4.98 Å². The summed E-state index contributed by atoms with van der Waals surface area (Å²) in [6.45, 7) is 6.87. The van der Waals surface area contributed by atoms with Crippen molar-refractivity contribution in [1.29, 1.82) is 0 Å². The molecule has 5 nitrogen and oxygen atoms in total. The van der Waals surface area contributed by atoms with Crippen LogP contribution in [0.4, 0.5) is 0 Å². The molecule has 1 aliphatic heterocycles.